The van der Waals surface area contributed by atoms with Gasteiger partial charge in [0, 0.05) is 16.6 Å². The number of rotatable bonds is 10. The minimum absolute atomic E-state index is 0.0166. The van der Waals surface area contributed by atoms with Crippen LogP contribution in [0.5, 0.6) is 0 Å². The van der Waals surface area contributed by atoms with E-state index in [4.69, 9.17) is 23.2 Å². The fourth-order valence-electron chi connectivity index (χ4n) is 4.20. The molecule has 0 saturated heterocycles. The molecule has 3 rings (SSSR count). The lowest BCUT2D eigenvalue weighted by Gasteiger charge is -2.35. The van der Waals surface area contributed by atoms with Gasteiger partial charge in [0.1, 0.15) is 12.6 Å². The van der Waals surface area contributed by atoms with Gasteiger partial charge >= 0.3 is 0 Å². The Morgan fingerprint density at radius 2 is 1.63 bits per heavy atom. The molecule has 3 aromatic carbocycles. The molecule has 1 unspecified atom stereocenters. The molecule has 0 saturated carbocycles. The average Bonchev–Trinajstić information content (AvgIpc) is 2.88. The van der Waals surface area contributed by atoms with E-state index in [-0.39, 0.29) is 17.3 Å². The number of hydrogen-bond acceptors (Lipinski definition) is 4. The maximum atomic E-state index is 14.1. The molecule has 0 bridgehead atoms. The topological polar surface area (TPSA) is 86.8 Å². The molecule has 41 heavy (non-hydrogen) atoms. The van der Waals surface area contributed by atoms with Crippen molar-refractivity contribution in [3.05, 3.63) is 92.4 Å². The summed E-state index contributed by atoms with van der Waals surface area (Å²) in [5.74, 6) is -0.897. The predicted molar refractivity (Wildman–Crippen MR) is 169 cm³/mol. The second-order valence-corrected chi connectivity index (χ2v) is 14.3. The van der Waals surface area contributed by atoms with Crippen LogP contribution in [-0.2, 0) is 26.2 Å². The van der Waals surface area contributed by atoms with E-state index in [1.54, 1.807) is 61.5 Å². The van der Waals surface area contributed by atoms with Crippen molar-refractivity contribution < 1.29 is 18.0 Å². The van der Waals surface area contributed by atoms with Gasteiger partial charge in [-0.1, -0.05) is 75.9 Å². The Morgan fingerprint density at radius 1 is 0.976 bits per heavy atom. The molecule has 0 aliphatic heterocycles. The van der Waals surface area contributed by atoms with Gasteiger partial charge in [-0.05, 0) is 82.1 Å². The van der Waals surface area contributed by atoms with Crippen LogP contribution >= 0.6 is 39.1 Å². The molecule has 2 amide bonds. The predicted octanol–water partition coefficient (Wildman–Crippen LogP) is 6.98. The maximum Gasteiger partial charge on any atom is 0.264 e. The summed E-state index contributed by atoms with van der Waals surface area (Å²) in [7, 11) is -4.16. The van der Waals surface area contributed by atoms with Crippen LogP contribution in [0.1, 0.15) is 45.2 Å². The van der Waals surface area contributed by atoms with Crippen LogP contribution in [0.3, 0.4) is 0 Å². The van der Waals surface area contributed by atoms with Crippen molar-refractivity contribution in [2.75, 3.05) is 10.8 Å². The normalized spacial score (nSPS) is 12.5. The molecule has 1 atom stereocenters. The highest BCUT2D eigenvalue weighted by atomic mass is 79.9. The highest BCUT2D eigenvalue weighted by Crippen LogP contribution is 2.28. The number of halogens is 3. The summed E-state index contributed by atoms with van der Waals surface area (Å²) in [4.78, 5) is 29.0. The van der Waals surface area contributed by atoms with Crippen molar-refractivity contribution in [1.29, 1.82) is 0 Å². The van der Waals surface area contributed by atoms with Gasteiger partial charge < -0.3 is 10.2 Å². The zero-order chi connectivity index (χ0) is 30.5. The zero-order valence-corrected chi connectivity index (χ0v) is 27.5. The Labute approximate surface area is 261 Å². The third-order valence-electron chi connectivity index (χ3n) is 6.21. The van der Waals surface area contributed by atoms with E-state index in [0.717, 1.165) is 9.87 Å². The number of nitrogens with one attached hydrogen (secondary N) is 1. The van der Waals surface area contributed by atoms with Crippen LogP contribution in [-0.4, -0.2) is 43.3 Å². The number of carbonyl (C=O) groups excluding carboxylic acids is 2. The van der Waals surface area contributed by atoms with Crippen molar-refractivity contribution in [3.63, 3.8) is 0 Å². The highest BCUT2D eigenvalue weighted by Gasteiger charge is 2.34. The van der Waals surface area contributed by atoms with Crippen molar-refractivity contribution in [2.24, 2.45) is 0 Å². The molecule has 0 heterocycles. The lowest BCUT2D eigenvalue weighted by molar-refractivity contribution is -0.141. The van der Waals surface area contributed by atoms with E-state index in [0.29, 0.717) is 32.2 Å². The minimum Gasteiger partial charge on any atom is -0.350 e. The number of sulfonamides is 1. The van der Waals surface area contributed by atoms with E-state index in [9.17, 15) is 18.0 Å². The number of nitrogens with zero attached hydrogens (tertiary/aromatic N) is 2. The first-order valence-corrected chi connectivity index (χ1v) is 16.0. The van der Waals surface area contributed by atoms with E-state index < -0.39 is 34.1 Å². The van der Waals surface area contributed by atoms with Gasteiger partial charge in [0.05, 0.1) is 20.6 Å². The number of carbonyl (C=O) groups is 2. The summed E-state index contributed by atoms with van der Waals surface area (Å²) in [6, 6.07) is 17.2. The van der Waals surface area contributed by atoms with Gasteiger partial charge in [-0.15, -0.1) is 0 Å². The Bertz CT molecular complexity index is 1510. The molecular formula is C30H34BrCl2N3O4S. The first kappa shape index (κ1) is 32.9. The molecule has 0 aromatic heterocycles. The third-order valence-corrected chi connectivity index (χ3v) is 9.23. The molecule has 1 N–H and O–H groups in total. The van der Waals surface area contributed by atoms with Crippen molar-refractivity contribution in [1.82, 2.24) is 10.2 Å². The smallest absolute Gasteiger partial charge is 0.264 e. The molecule has 0 spiro atoms. The summed E-state index contributed by atoms with van der Waals surface area (Å²) < 4.78 is 29.6. The van der Waals surface area contributed by atoms with Gasteiger partial charge in [0.25, 0.3) is 10.0 Å². The number of benzene rings is 3. The molecule has 0 fully saturated rings. The number of aryl methyl sites for hydroxylation is 1. The summed E-state index contributed by atoms with van der Waals surface area (Å²) in [5, 5.41) is 3.61. The fourth-order valence-corrected chi connectivity index (χ4v) is 6.32. The highest BCUT2D eigenvalue weighted by molar-refractivity contribution is 9.10. The lowest BCUT2D eigenvalue weighted by atomic mass is 10.1. The Hall–Kier alpha value is -2.59. The van der Waals surface area contributed by atoms with Crippen LogP contribution in [0.2, 0.25) is 10.0 Å². The van der Waals surface area contributed by atoms with Crippen molar-refractivity contribution in [3.8, 4) is 0 Å². The SMILES string of the molecule is CCC(C(=O)NC(C)(C)C)N(Cc1ccc(Cl)c(Cl)c1)C(=O)CN(c1cccc(Br)c1)S(=O)(=O)c1ccc(C)cc1. The number of amides is 2. The Morgan fingerprint density at radius 3 is 2.20 bits per heavy atom. The van der Waals surface area contributed by atoms with Gasteiger partial charge in [0.15, 0.2) is 0 Å². The minimum atomic E-state index is -4.16. The third kappa shape index (κ3) is 8.70. The van der Waals surface area contributed by atoms with Gasteiger partial charge in [-0.3, -0.25) is 13.9 Å². The first-order valence-electron chi connectivity index (χ1n) is 13.0. The van der Waals surface area contributed by atoms with E-state index >= 15 is 0 Å². The quantitative estimate of drug-likeness (QED) is 0.250. The van der Waals surface area contributed by atoms with Crippen LogP contribution < -0.4 is 9.62 Å². The van der Waals surface area contributed by atoms with Gasteiger partial charge in [-0.2, -0.15) is 0 Å². The van der Waals surface area contributed by atoms with Crippen LogP contribution in [0, 0.1) is 6.92 Å². The second-order valence-electron chi connectivity index (χ2n) is 10.7. The van der Waals surface area contributed by atoms with Crippen molar-refractivity contribution in [2.45, 2.75) is 64.1 Å². The largest absolute Gasteiger partial charge is 0.350 e. The fraction of sp³-hybridized carbons (Fsp3) is 0.333. The zero-order valence-electron chi connectivity index (χ0n) is 23.6. The summed E-state index contributed by atoms with van der Waals surface area (Å²) in [5.41, 5.74) is 1.30. The Balaban J connectivity index is 2.09. The Kier molecular flexibility index (Phi) is 10.9. The molecule has 0 radical (unpaired) electrons. The number of anilines is 1. The average molecular weight is 683 g/mol. The molecule has 3 aromatic rings. The van der Waals surface area contributed by atoms with Crippen molar-refractivity contribution >= 4 is 66.7 Å². The first-order chi connectivity index (χ1) is 19.1. The molecule has 220 valence electrons. The number of hydrogen-bond donors (Lipinski definition) is 1. The lowest BCUT2D eigenvalue weighted by Crippen LogP contribution is -2.55. The van der Waals surface area contributed by atoms with Crippen LogP contribution in [0.4, 0.5) is 5.69 Å². The maximum absolute atomic E-state index is 14.1. The molecule has 7 nitrogen and oxygen atoms in total. The molecule has 11 heteroatoms. The van der Waals surface area contributed by atoms with Crippen LogP contribution in [0.15, 0.2) is 76.1 Å². The second kappa shape index (κ2) is 13.6. The van der Waals surface area contributed by atoms with Gasteiger partial charge in [0.2, 0.25) is 11.8 Å². The van der Waals surface area contributed by atoms with E-state index in [1.807, 2.05) is 27.7 Å². The summed E-state index contributed by atoms with van der Waals surface area (Å²) in [6.07, 6.45) is 0.302. The van der Waals surface area contributed by atoms with Crippen LogP contribution in [0.25, 0.3) is 0 Å². The molecular weight excluding hydrogens is 649 g/mol. The summed E-state index contributed by atoms with van der Waals surface area (Å²) in [6.45, 7) is 8.71. The standard InChI is InChI=1S/C30H34BrCl2N3O4S/c1-6-27(29(38)34-30(3,4)5)35(18-21-12-15-25(32)26(33)16-21)28(37)19-36(23-9-7-8-22(31)17-23)41(39,40)24-13-10-20(2)11-14-24/h7-17,27H,6,18-19H2,1-5H3,(H,34,38). The molecule has 0 aliphatic rings. The van der Waals surface area contributed by atoms with Gasteiger partial charge in [-0.25, -0.2) is 8.42 Å². The molecule has 0 aliphatic carbocycles. The monoisotopic (exact) mass is 681 g/mol. The van der Waals surface area contributed by atoms with E-state index in [2.05, 4.69) is 21.2 Å². The summed E-state index contributed by atoms with van der Waals surface area (Å²) >= 11 is 15.8. The van der Waals surface area contributed by atoms with E-state index in [1.165, 1.54) is 17.0 Å².